The van der Waals surface area contributed by atoms with Crippen LogP contribution < -0.4 is 21.9 Å². The van der Waals surface area contributed by atoms with E-state index in [9.17, 15) is 0 Å². The van der Waals surface area contributed by atoms with Gasteiger partial charge in [0, 0.05) is 47.3 Å². The number of nitrogens with two attached hydrogens (primary N) is 2. The number of rotatable bonds is 3. The van der Waals surface area contributed by atoms with Gasteiger partial charge in [0.15, 0.2) is 0 Å². The van der Waals surface area contributed by atoms with Gasteiger partial charge in [-0.1, -0.05) is 25.4 Å². The molecule has 0 radical (unpaired) electrons. The lowest BCUT2D eigenvalue weighted by Gasteiger charge is -2.45. The second kappa shape index (κ2) is 5.60. The highest BCUT2D eigenvalue weighted by Crippen LogP contribution is 2.35. The molecular weight excluding hydrogens is 274 g/mol. The summed E-state index contributed by atoms with van der Waals surface area (Å²) >= 11 is 6.11. The number of nitrogen functional groups attached to an aromatic ring is 1. The molecule has 1 atom stereocenters. The molecule has 0 amide bonds. The minimum absolute atomic E-state index is 0.0311. The van der Waals surface area contributed by atoms with Gasteiger partial charge in [-0.25, -0.2) is 0 Å². The fourth-order valence-electron chi connectivity index (χ4n) is 2.91. The Kier molecular flexibility index (Phi) is 4.22. The average Bonchev–Trinajstić information content (AvgIpc) is 2.36. The molecule has 6 heteroatoms. The van der Waals surface area contributed by atoms with Crippen LogP contribution in [-0.2, 0) is 0 Å². The SMILES string of the molecule is CC1(C)CN(c2cc(Cl)cc(N)c2C=N)CCC1NN. The van der Waals surface area contributed by atoms with Gasteiger partial charge in [0.1, 0.15) is 0 Å². The Labute approximate surface area is 124 Å². The van der Waals surface area contributed by atoms with E-state index < -0.39 is 0 Å². The van der Waals surface area contributed by atoms with E-state index in [0.717, 1.165) is 30.8 Å². The Morgan fingerprint density at radius 2 is 2.20 bits per heavy atom. The highest BCUT2D eigenvalue weighted by atomic mass is 35.5. The maximum Gasteiger partial charge on any atom is 0.0491 e. The number of halogens is 1. The molecule has 1 aliphatic rings. The van der Waals surface area contributed by atoms with E-state index in [1.165, 1.54) is 6.21 Å². The number of nitrogens with zero attached hydrogens (tertiary/aromatic N) is 1. The summed E-state index contributed by atoms with van der Waals surface area (Å²) in [5, 5.41) is 8.18. The van der Waals surface area contributed by atoms with Crippen LogP contribution in [0, 0.1) is 10.8 Å². The predicted molar refractivity (Wildman–Crippen MR) is 85.5 cm³/mol. The zero-order chi connectivity index (χ0) is 14.9. The lowest BCUT2D eigenvalue weighted by Crippen LogP contribution is -2.56. The van der Waals surface area contributed by atoms with Crippen LogP contribution in [0.25, 0.3) is 0 Å². The van der Waals surface area contributed by atoms with Gasteiger partial charge in [-0.15, -0.1) is 0 Å². The number of nitrogens with one attached hydrogen (secondary N) is 2. The van der Waals surface area contributed by atoms with Crippen molar-refractivity contribution in [1.29, 1.82) is 5.41 Å². The molecule has 1 aromatic carbocycles. The largest absolute Gasteiger partial charge is 0.398 e. The minimum atomic E-state index is 0.0311. The number of piperidine rings is 1. The number of hydrazine groups is 1. The van der Waals surface area contributed by atoms with Crippen LogP contribution in [0.5, 0.6) is 0 Å². The van der Waals surface area contributed by atoms with Gasteiger partial charge in [0.25, 0.3) is 0 Å². The Balaban J connectivity index is 2.36. The van der Waals surface area contributed by atoms with Crippen molar-refractivity contribution in [1.82, 2.24) is 5.43 Å². The summed E-state index contributed by atoms with van der Waals surface area (Å²) < 4.78 is 0. The van der Waals surface area contributed by atoms with Gasteiger partial charge in [0.2, 0.25) is 0 Å². The zero-order valence-corrected chi connectivity index (χ0v) is 12.7. The monoisotopic (exact) mass is 295 g/mol. The molecule has 0 saturated carbocycles. The fraction of sp³-hybridized carbons (Fsp3) is 0.500. The van der Waals surface area contributed by atoms with Crippen molar-refractivity contribution in [2.24, 2.45) is 11.3 Å². The van der Waals surface area contributed by atoms with Crippen molar-refractivity contribution in [2.75, 3.05) is 23.7 Å². The van der Waals surface area contributed by atoms with Gasteiger partial charge in [-0.2, -0.15) is 0 Å². The van der Waals surface area contributed by atoms with Crippen LogP contribution in [0.4, 0.5) is 11.4 Å². The third kappa shape index (κ3) is 2.75. The molecule has 1 fully saturated rings. The van der Waals surface area contributed by atoms with Crippen molar-refractivity contribution in [3.63, 3.8) is 0 Å². The fourth-order valence-corrected chi connectivity index (χ4v) is 3.14. The van der Waals surface area contributed by atoms with E-state index >= 15 is 0 Å². The van der Waals surface area contributed by atoms with E-state index in [4.69, 9.17) is 28.6 Å². The normalized spacial score (nSPS) is 21.8. The van der Waals surface area contributed by atoms with E-state index in [0.29, 0.717) is 10.7 Å². The average molecular weight is 296 g/mol. The lowest BCUT2D eigenvalue weighted by atomic mass is 9.79. The number of hydrogen-bond donors (Lipinski definition) is 4. The highest BCUT2D eigenvalue weighted by molar-refractivity contribution is 6.31. The first-order chi connectivity index (χ1) is 9.39. The van der Waals surface area contributed by atoms with Crippen LogP contribution in [-0.4, -0.2) is 25.3 Å². The summed E-state index contributed by atoms with van der Waals surface area (Å²) in [5.41, 5.74) is 11.1. The summed E-state index contributed by atoms with van der Waals surface area (Å²) in [6.07, 6.45) is 2.23. The molecule has 1 unspecified atom stereocenters. The van der Waals surface area contributed by atoms with Gasteiger partial charge in [-0.05, 0) is 24.0 Å². The summed E-state index contributed by atoms with van der Waals surface area (Å²) in [6.45, 7) is 6.06. The van der Waals surface area contributed by atoms with Crippen molar-refractivity contribution in [2.45, 2.75) is 26.3 Å². The van der Waals surface area contributed by atoms with Gasteiger partial charge >= 0.3 is 0 Å². The molecule has 1 aliphatic heterocycles. The maximum absolute atomic E-state index is 7.58. The smallest absolute Gasteiger partial charge is 0.0491 e. The third-order valence-electron chi connectivity index (χ3n) is 4.07. The molecule has 20 heavy (non-hydrogen) atoms. The molecule has 6 N–H and O–H groups in total. The van der Waals surface area contributed by atoms with Crippen molar-refractivity contribution >= 4 is 29.2 Å². The van der Waals surface area contributed by atoms with E-state index in [-0.39, 0.29) is 11.5 Å². The molecule has 110 valence electrons. The molecule has 5 nitrogen and oxygen atoms in total. The zero-order valence-electron chi connectivity index (χ0n) is 11.9. The third-order valence-corrected chi connectivity index (χ3v) is 4.29. The number of anilines is 2. The van der Waals surface area contributed by atoms with Gasteiger partial charge in [0.05, 0.1) is 0 Å². The molecule has 1 heterocycles. The Morgan fingerprint density at radius 3 is 2.75 bits per heavy atom. The summed E-state index contributed by atoms with van der Waals surface area (Å²) in [5.74, 6) is 5.62. The predicted octanol–water partition coefficient (Wildman–Crippen LogP) is 1.99. The van der Waals surface area contributed by atoms with Crippen LogP contribution >= 0.6 is 11.6 Å². The van der Waals surface area contributed by atoms with Crippen LogP contribution in [0.1, 0.15) is 25.8 Å². The van der Waals surface area contributed by atoms with Crippen LogP contribution in [0.15, 0.2) is 12.1 Å². The lowest BCUT2D eigenvalue weighted by molar-refractivity contribution is 0.207. The van der Waals surface area contributed by atoms with Crippen LogP contribution in [0.2, 0.25) is 5.02 Å². The standard InChI is InChI=1S/C14H22ClN5/c1-14(2)8-20(4-3-13(14)19-18)12-6-9(15)5-11(17)10(12)7-16/h5-7,13,16,19H,3-4,8,17-18H2,1-2H3. The first kappa shape index (κ1) is 15.1. The molecule has 0 bridgehead atoms. The molecule has 0 spiro atoms. The van der Waals surface area contributed by atoms with Crippen molar-refractivity contribution in [3.05, 3.63) is 22.7 Å². The summed E-state index contributed by atoms with van der Waals surface area (Å²) in [4.78, 5) is 2.23. The topological polar surface area (TPSA) is 91.2 Å². The molecular formula is C14H22ClN5. The van der Waals surface area contributed by atoms with E-state index in [2.05, 4.69) is 24.2 Å². The number of benzene rings is 1. The highest BCUT2D eigenvalue weighted by Gasteiger charge is 2.36. The number of hydrogen-bond acceptors (Lipinski definition) is 5. The second-order valence-corrected chi connectivity index (χ2v) is 6.43. The molecule has 1 saturated heterocycles. The van der Waals surface area contributed by atoms with E-state index in [1.807, 2.05) is 6.07 Å². The van der Waals surface area contributed by atoms with E-state index in [1.54, 1.807) is 6.07 Å². The minimum Gasteiger partial charge on any atom is -0.398 e. The molecule has 1 aromatic rings. The summed E-state index contributed by atoms with van der Waals surface area (Å²) in [7, 11) is 0. The first-order valence-corrected chi connectivity index (χ1v) is 7.07. The summed E-state index contributed by atoms with van der Waals surface area (Å²) in [6, 6.07) is 3.84. The molecule has 0 aliphatic carbocycles. The van der Waals surface area contributed by atoms with Crippen molar-refractivity contribution in [3.8, 4) is 0 Å². The second-order valence-electron chi connectivity index (χ2n) is 5.99. The molecule has 2 rings (SSSR count). The maximum atomic E-state index is 7.58. The quantitative estimate of drug-likeness (QED) is 0.297. The van der Waals surface area contributed by atoms with Crippen molar-refractivity contribution < 1.29 is 0 Å². The van der Waals surface area contributed by atoms with Gasteiger partial charge in [-0.3, -0.25) is 11.3 Å². The Hall–Kier alpha value is -1.30. The van der Waals surface area contributed by atoms with Crippen LogP contribution in [0.3, 0.4) is 0 Å². The Bertz CT molecular complexity index is 515. The van der Waals surface area contributed by atoms with Gasteiger partial charge < -0.3 is 16.0 Å². The Morgan fingerprint density at radius 1 is 1.50 bits per heavy atom. The molecule has 0 aromatic heterocycles. The first-order valence-electron chi connectivity index (χ1n) is 6.69.